The van der Waals surface area contributed by atoms with E-state index in [4.69, 9.17) is 4.74 Å². The maximum Gasteiger partial charge on any atom is 0.310 e. The van der Waals surface area contributed by atoms with E-state index in [1.165, 1.54) is 31.9 Å². The number of esters is 1. The molecule has 2 aliphatic rings. The Morgan fingerprint density at radius 2 is 2.00 bits per heavy atom. The normalized spacial score (nSPS) is 24.4. The lowest BCUT2D eigenvalue weighted by Crippen LogP contribution is -2.49. The van der Waals surface area contributed by atoms with Crippen LogP contribution in [0, 0.1) is 11.8 Å². The molecule has 1 saturated carbocycles. The molecule has 0 radical (unpaired) electrons. The molecular weight excluding hydrogens is 441 g/mol. The third-order valence-corrected chi connectivity index (χ3v) is 5.91. The molecule has 1 aromatic carbocycles. The summed E-state index contributed by atoms with van der Waals surface area (Å²) >= 11 is 0. The van der Waals surface area contributed by atoms with Gasteiger partial charge in [0, 0.05) is 32.1 Å². The molecule has 1 aliphatic heterocycles. The van der Waals surface area contributed by atoms with E-state index in [0.717, 1.165) is 19.0 Å². The first kappa shape index (κ1) is 21.0. The van der Waals surface area contributed by atoms with Crippen molar-refractivity contribution in [3.8, 4) is 0 Å². The van der Waals surface area contributed by atoms with Crippen molar-refractivity contribution in [1.82, 2.24) is 10.2 Å². The second-order valence-electron chi connectivity index (χ2n) is 7.41. The van der Waals surface area contributed by atoms with Gasteiger partial charge in [0.25, 0.3) is 0 Å². The number of likely N-dealkylation sites (tertiary alicyclic amines) is 1. The molecule has 0 amide bonds. The quantitative estimate of drug-likeness (QED) is 0.318. The molecule has 1 heterocycles. The lowest BCUT2D eigenvalue weighted by atomic mass is 9.64. The van der Waals surface area contributed by atoms with Crippen LogP contribution in [0.3, 0.4) is 0 Å². The first-order chi connectivity index (χ1) is 12.1. The van der Waals surface area contributed by atoms with Crippen molar-refractivity contribution in [2.24, 2.45) is 16.8 Å². The maximum absolute atomic E-state index is 11.9. The molecule has 0 spiro atoms. The van der Waals surface area contributed by atoms with Crippen molar-refractivity contribution in [2.75, 3.05) is 33.8 Å². The zero-order valence-electron chi connectivity index (χ0n) is 15.9. The Bertz CT molecular complexity index is 631. The van der Waals surface area contributed by atoms with Crippen LogP contribution < -0.4 is 5.32 Å². The summed E-state index contributed by atoms with van der Waals surface area (Å²) in [7, 11) is 3.28. The minimum absolute atomic E-state index is 0. The van der Waals surface area contributed by atoms with E-state index in [9.17, 15) is 4.79 Å². The lowest BCUT2D eigenvalue weighted by Gasteiger charge is -2.43. The van der Waals surface area contributed by atoms with Crippen molar-refractivity contribution in [2.45, 2.75) is 31.6 Å². The van der Waals surface area contributed by atoms with Gasteiger partial charge in [-0.3, -0.25) is 9.79 Å². The minimum Gasteiger partial charge on any atom is -0.469 e. The molecule has 144 valence electrons. The average molecular weight is 471 g/mol. The lowest BCUT2D eigenvalue weighted by molar-refractivity contribution is -0.145. The Morgan fingerprint density at radius 3 is 2.54 bits per heavy atom. The van der Waals surface area contributed by atoms with Gasteiger partial charge >= 0.3 is 5.97 Å². The average Bonchev–Trinajstić information content (AvgIpc) is 2.99. The standard InChI is InChI=1S/C20H29N3O2.HI/c1-15-12-23(13-17(15)18(24)25-3)19(21-2)22-14-20(10-7-11-20)16-8-5-4-6-9-16;/h4-6,8-9,15,17H,7,10-14H2,1-3H3,(H,21,22);1H. The molecule has 0 aromatic heterocycles. The zero-order chi connectivity index (χ0) is 17.9. The highest BCUT2D eigenvalue weighted by Gasteiger charge is 2.40. The predicted octanol–water partition coefficient (Wildman–Crippen LogP) is 3.04. The van der Waals surface area contributed by atoms with E-state index < -0.39 is 0 Å². The summed E-state index contributed by atoms with van der Waals surface area (Å²) in [6.45, 7) is 4.49. The van der Waals surface area contributed by atoms with Gasteiger partial charge in [0.1, 0.15) is 0 Å². The van der Waals surface area contributed by atoms with E-state index in [-0.39, 0.29) is 47.2 Å². The fraction of sp³-hybridized carbons (Fsp3) is 0.600. The summed E-state index contributed by atoms with van der Waals surface area (Å²) < 4.78 is 4.94. The highest BCUT2D eigenvalue weighted by Crippen LogP contribution is 2.43. The minimum atomic E-state index is -0.120. The molecule has 2 fully saturated rings. The van der Waals surface area contributed by atoms with Crippen LogP contribution in [0.5, 0.6) is 0 Å². The first-order valence-electron chi connectivity index (χ1n) is 9.18. The summed E-state index contributed by atoms with van der Waals surface area (Å²) in [5, 5.41) is 3.57. The Kier molecular flexibility index (Phi) is 7.32. The van der Waals surface area contributed by atoms with Gasteiger partial charge in [-0.15, -0.1) is 24.0 Å². The third-order valence-electron chi connectivity index (χ3n) is 5.91. The number of aliphatic imine (C=N–C) groups is 1. The number of nitrogens with zero attached hydrogens (tertiary/aromatic N) is 2. The monoisotopic (exact) mass is 471 g/mol. The molecule has 1 N–H and O–H groups in total. The molecule has 26 heavy (non-hydrogen) atoms. The van der Waals surface area contributed by atoms with E-state index >= 15 is 0 Å². The fourth-order valence-corrected chi connectivity index (χ4v) is 4.14. The number of carbonyl (C=O) groups excluding carboxylic acids is 1. The second-order valence-corrected chi connectivity index (χ2v) is 7.41. The number of carbonyl (C=O) groups is 1. The summed E-state index contributed by atoms with van der Waals surface area (Å²) in [4.78, 5) is 18.6. The van der Waals surface area contributed by atoms with E-state index in [1.807, 2.05) is 7.05 Å². The summed E-state index contributed by atoms with van der Waals surface area (Å²) in [5.41, 5.74) is 1.62. The van der Waals surface area contributed by atoms with Crippen molar-refractivity contribution in [1.29, 1.82) is 0 Å². The number of guanidine groups is 1. The molecule has 5 nitrogen and oxygen atoms in total. The molecule has 1 saturated heterocycles. The Balaban J connectivity index is 0.00000243. The van der Waals surface area contributed by atoms with Crippen LogP contribution >= 0.6 is 24.0 Å². The summed E-state index contributed by atoms with van der Waals surface area (Å²) in [6.07, 6.45) is 3.70. The number of ether oxygens (including phenoxy) is 1. The number of rotatable bonds is 4. The van der Waals surface area contributed by atoms with Gasteiger partial charge in [-0.25, -0.2) is 0 Å². The van der Waals surface area contributed by atoms with Crippen LogP contribution in [-0.2, 0) is 14.9 Å². The van der Waals surface area contributed by atoms with Gasteiger partial charge in [-0.1, -0.05) is 43.7 Å². The number of nitrogens with one attached hydrogen (secondary N) is 1. The predicted molar refractivity (Wildman–Crippen MR) is 115 cm³/mol. The number of hydrogen-bond acceptors (Lipinski definition) is 3. The number of halogens is 1. The summed E-state index contributed by atoms with van der Waals surface area (Å²) in [6, 6.07) is 10.8. The highest BCUT2D eigenvalue weighted by molar-refractivity contribution is 14.0. The van der Waals surface area contributed by atoms with Gasteiger partial charge in [-0.05, 0) is 24.3 Å². The van der Waals surface area contributed by atoms with Crippen molar-refractivity contribution >= 4 is 35.9 Å². The van der Waals surface area contributed by atoms with E-state index in [2.05, 4.69) is 52.5 Å². The molecule has 6 heteroatoms. The number of methoxy groups -OCH3 is 1. The van der Waals surface area contributed by atoms with Crippen LogP contribution in [0.2, 0.25) is 0 Å². The van der Waals surface area contributed by atoms with Crippen LogP contribution in [0.4, 0.5) is 0 Å². The SMILES string of the molecule is CN=C(NCC1(c2ccccc2)CCC1)N1CC(C)C(C(=O)OC)C1.I. The molecule has 2 unspecified atom stereocenters. The Labute approximate surface area is 173 Å². The van der Waals surface area contributed by atoms with E-state index in [0.29, 0.717) is 6.54 Å². The largest absolute Gasteiger partial charge is 0.469 e. The van der Waals surface area contributed by atoms with E-state index in [1.54, 1.807) is 0 Å². The number of hydrogen-bond donors (Lipinski definition) is 1. The zero-order valence-corrected chi connectivity index (χ0v) is 18.2. The number of benzene rings is 1. The third kappa shape index (κ3) is 4.15. The first-order valence-corrected chi connectivity index (χ1v) is 9.18. The molecule has 1 aromatic rings. The highest BCUT2D eigenvalue weighted by atomic mass is 127. The molecule has 2 atom stereocenters. The van der Waals surface area contributed by atoms with Crippen molar-refractivity contribution in [3.63, 3.8) is 0 Å². The summed E-state index contributed by atoms with van der Waals surface area (Å²) in [5.74, 6) is 0.971. The van der Waals surface area contributed by atoms with Gasteiger partial charge in [-0.2, -0.15) is 0 Å². The van der Waals surface area contributed by atoms with Crippen LogP contribution in [0.15, 0.2) is 35.3 Å². The van der Waals surface area contributed by atoms with Crippen LogP contribution in [-0.4, -0.2) is 50.6 Å². The Morgan fingerprint density at radius 1 is 1.31 bits per heavy atom. The molecular formula is C20H30IN3O2. The molecule has 0 bridgehead atoms. The van der Waals surface area contributed by atoms with Gasteiger partial charge in [0.05, 0.1) is 13.0 Å². The van der Waals surface area contributed by atoms with Crippen LogP contribution in [0.25, 0.3) is 0 Å². The Hall–Kier alpha value is -1.31. The fourth-order valence-electron chi connectivity index (χ4n) is 4.14. The van der Waals surface area contributed by atoms with Gasteiger partial charge in [0.15, 0.2) is 5.96 Å². The van der Waals surface area contributed by atoms with Crippen molar-refractivity contribution < 1.29 is 9.53 Å². The second kappa shape index (κ2) is 9.06. The van der Waals surface area contributed by atoms with Crippen LogP contribution in [0.1, 0.15) is 31.7 Å². The van der Waals surface area contributed by atoms with Crippen molar-refractivity contribution in [3.05, 3.63) is 35.9 Å². The topological polar surface area (TPSA) is 53.9 Å². The maximum atomic E-state index is 11.9. The molecule has 3 rings (SSSR count). The van der Waals surface area contributed by atoms with Gasteiger partial charge < -0.3 is 15.0 Å². The smallest absolute Gasteiger partial charge is 0.310 e. The molecule has 1 aliphatic carbocycles. The van der Waals surface area contributed by atoms with Gasteiger partial charge in [0.2, 0.25) is 0 Å².